The Morgan fingerprint density at radius 3 is 2.04 bits per heavy atom. The third-order valence-electron chi connectivity index (χ3n) is 4.29. The first kappa shape index (κ1) is 21.4. The van der Waals surface area contributed by atoms with Gasteiger partial charge in [0.1, 0.15) is 0 Å². The van der Waals surface area contributed by atoms with Crippen LogP contribution in [0.3, 0.4) is 0 Å². The third-order valence-corrected chi connectivity index (χ3v) is 4.98. The average molecular weight is 354 g/mol. The van der Waals surface area contributed by atoms with Crippen molar-refractivity contribution in [3.05, 3.63) is 71.3 Å². The first-order valence-corrected chi connectivity index (χ1v) is 9.54. The van der Waals surface area contributed by atoms with Gasteiger partial charge in [0.15, 0.2) is 0 Å². The Balaban J connectivity index is 0.00000288. The second-order valence-electron chi connectivity index (χ2n) is 6.10. The van der Waals surface area contributed by atoms with Gasteiger partial charge in [-0.3, -0.25) is 0 Å². The van der Waals surface area contributed by atoms with E-state index in [2.05, 4.69) is 38.1 Å². The first-order valence-electron chi connectivity index (χ1n) is 7.96. The molecule has 0 aromatic heterocycles. The molecule has 0 amide bonds. The molecule has 0 radical (unpaired) electrons. The fourth-order valence-electron chi connectivity index (χ4n) is 2.97. The van der Waals surface area contributed by atoms with Crippen LogP contribution >= 0.6 is 0 Å². The third kappa shape index (κ3) is 6.69. The normalized spacial score (nSPS) is 13.8. The van der Waals surface area contributed by atoms with Gasteiger partial charge < -0.3 is 4.55 Å². The van der Waals surface area contributed by atoms with Gasteiger partial charge in [-0.25, -0.2) is 8.42 Å². The summed E-state index contributed by atoms with van der Waals surface area (Å²) >= 11 is 0. The molecular formula is C19H23NaO3S. The Morgan fingerprint density at radius 1 is 0.958 bits per heavy atom. The summed E-state index contributed by atoms with van der Waals surface area (Å²) in [4.78, 5) is 0. The van der Waals surface area contributed by atoms with Crippen molar-refractivity contribution >= 4 is 10.1 Å². The topological polar surface area (TPSA) is 57.2 Å². The molecule has 2 aromatic carbocycles. The van der Waals surface area contributed by atoms with Gasteiger partial charge in [0, 0.05) is 0 Å². The van der Waals surface area contributed by atoms with Crippen LogP contribution in [0.15, 0.2) is 54.6 Å². The zero-order valence-corrected chi connectivity index (χ0v) is 17.4. The van der Waals surface area contributed by atoms with Crippen molar-refractivity contribution in [2.75, 3.05) is 0 Å². The van der Waals surface area contributed by atoms with Crippen LogP contribution in [-0.2, 0) is 15.9 Å². The van der Waals surface area contributed by atoms with Crippen LogP contribution in [0.25, 0.3) is 0 Å². The van der Waals surface area contributed by atoms with Crippen LogP contribution in [0, 0.1) is 0 Å². The van der Waals surface area contributed by atoms with Gasteiger partial charge in [-0.05, 0) is 41.4 Å². The van der Waals surface area contributed by atoms with E-state index in [1.165, 1.54) is 11.1 Å². The molecule has 0 saturated carbocycles. The van der Waals surface area contributed by atoms with Crippen molar-refractivity contribution in [1.82, 2.24) is 0 Å². The summed E-state index contributed by atoms with van der Waals surface area (Å²) < 4.78 is 32.5. The Bertz CT molecular complexity index is 712. The summed E-state index contributed by atoms with van der Waals surface area (Å²) in [5.74, 6) is 0.441. The van der Waals surface area contributed by atoms with Crippen molar-refractivity contribution in [2.24, 2.45) is 0 Å². The largest absolute Gasteiger partial charge is 1.00 e. The summed E-state index contributed by atoms with van der Waals surface area (Å²) in [6, 6.07) is 17.9. The zero-order valence-electron chi connectivity index (χ0n) is 14.6. The van der Waals surface area contributed by atoms with Gasteiger partial charge in [0.05, 0.1) is 15.9 Å². The minimum Gasteiger partial charge on any atom is -0.748 e. The van der Waals surface area contributed by atoms with E-state index in [-0.39, 0.29) is 29.6 Å². The van der Waals surface area contributed by atoms with E-state index >= 15 is 0 Å². The molecule has 0 fully saturated rings. The van der Waals surface area contributed by atoms with Gasteiger partial charge in [-0.2, -0.15) is 0 Å². The van der Waals surface area contributed by atoms with Crippen molar-refractivity contribution in [1.29, 1.82) is 0 Å². The molecule has 2 unspecified atom stereocenters. The zero-order chi connectivity index (χ0) is 16.9. The predicted octanol–water partition coefficient (Wildman–Crippen LogP) is 1.42. The quantitative estimate of drug-likeness (QED) is 0.558. The summed E-state index contributed by atoms with van der Waals surface area (Å²) in [5, 5.41) is 0. The number of rotatable bonds is 7. The maximum atomic E-state index is 10.8. The van der Waals surface area contributed by atoms with Crippen LogP contribution in [-0.4, -0.2) is 13.0 Å². The molecule has 0 saturated heterocycles. The van der Waals surface area contributed by atoms with Gasteiger partial charge in [-0.15, -0.1) is 0 Å². The standard InChI is InChI=1S/C19H24O3S.Na/c1-3-17(13-15(2)18-7-5-4-6-8-18)19-11-9-16(10-12-19)14-23(20,21)22;/h4-12,15,17H,3,13-14H2,1-2H3,(H,20,21,22);/q;+1/p-1. The Labute approximate surface area is 167 Å². The predicted molar refractivity (Wildman–Crippen MR) is 92.3 cm³/mol. The van der Waals surface area contributed by atoms with E-state index in [1.807, 2.05) is 18.2 Å². The molecular weight excluding hydrogens is 331 g/mol. The van der Waals surface area contributed by atoms with E-state index < -0.39 is 15.9 Å². The number of benzene rings is 2. The SMILES string of the molecule is CCC(CC(C)c1ccccc1)c1ccc(CS(=O)(=O)[O-])cc1.[Na+]. The molecule has 124 valence electrons. The fraction of sp³-hybridized carbons (Fsp3) is 0.368. The molecule has 0 heterocycles. The molecule has 0 N–H and O–H groups in total. The Kier molecular flexibility index (Phi) is 8.68. The molecule has 0 aliphatic rings. The Hall–Kier alpha value is -0.650. The molecule has 24 heavy (non-hydrogen) atoms. The maximum Gasteiger partial charge on any atom is 1.00 e. The van der Waals surface area contributed by atoms with Gasteiger partial charge in [0.2, 0.25) is 0 Å². The molecule has 3 nitrogen and oxygen atoms in total. The Morgan fingerprint density at radius 2 is 1.54 bits per heavy atom. The van der Waals surface area contributed by atoms with Crippen LogP contribution in [0.2, 0.25) is 0 Å². The van der Waals surface area contributed by atoms with Crippen molar-refractivity contribution in [3.8, 4) is 0 Å². The maximum absolute atomic E-state index is 10.8. The van der Waals surface area contributed by atoms with Crippen molar-refractivity contribution in [3.63, 3.8) is 0 Å². The minimum atomic E-state index is -4.22. The van der Waals surface area contributed by atoms with Crippen molar-refractivity contribution < 1.29 is 42.5 Å². The van der Waals surface area contributed by atoms with Crippen LogP contribution in [0.4, 0.5) is 0 Å². The van der Waals surface area contributed by atoms with E-state index in [0.717, 1.165) is 12.8 Å². The summed E-state index contributed by atoms with van der Waals surface area (Å²) in [6.07, 6.45) is 2.07. The molecule has 5 heteroatoms. The minimum absolute atomic E-state index is 0. The monoisotopic (exact) mass is 354 g/mol. The van der Waals surface area contributed by atoms with Crippen LogP contribution in [0.5, 0.6) is 0 Å². The van der Waals surface area contributed by atoms with Gasteiger partial charge >= 0.3 is 29.6 Å². The molecule has 0 aliphatic heterocycles. The molecule has 2 rings (SSSR count). The fourth-order valence-corrected chi connectivity index (χ4v) is 3.57. The van der Waals surface area contributed by atoms with E-state index in [1.54, 1.807) is 12.1 Å². The second-order valence-corrected chi connectivity index (χ2v) is 7.50. The molecule has 0 aliphatic carbocycles. The van der Waals surface area contributed by atoms with Gasteiger partial charge in [-0.1, -0.05) is 68.4 Å². The smallest absolute Gasteiger partial charge is 0.748 e. The number of hydrogen-bond donors (Lipinski definition) is 0. The van der Waals surface area contributed by atoms with E-state index in [4.69, 9.17) is 0 Å². The summed E-state index contributed by atoms with van der Waals surface area (Å²) in [5.41, 5.74) is 3.08. The summed E-state index contributed by atoms with van der Waals surface area (Å²) in [7, 11) is -4.22. The molecule has 2 atom stereocenters. The molecule has 2 aromatic rings. The summed E-state index contributed by atoms with van der Waals surface area (Å²) in [6.45, 7) is 4.40. The first-order chi connectivity index (χ1) is 10.9. The number of hydrogen-bond acceptors (Lipinski definition) is 3. The second kappa shape index (κ2) is 9.73. The van der Waals surface area contributed by atoms with Crippen molar-refractivity contribution in [2.45, 2.75) is 44.3 Å². The van der Waals surface area contributed by atoms with Crippen LogP contribution < -0.4 is 29.6 Å². The van der Waals surface area contributed by atoms with Gasteiger partial charge in [0.25, 0.3) is 0 Å². The average Bonchev–Trinajstić information content (AvgIpc) is 2.52. The van der Waals surface area contributed by atoms with Crippen LogP contribution in [0.1, 0.15) is 55.2 Å². The van der Waals surface area contributed by atoms with E-state index in [9.17, 15) is 13.0 Å². The molecule has 0 bridgehead atoms. The van der Waals surface area contributed by atoms with E-state index in [0.29, 0.717) is 17.4 Å². The molecule has 0 spiro atoms.